The van der Waals surface area contributed by atoms with Gasteiger partial charge in [-0.3, -0.25) is 4.72 Å². The second-order valence-corrected chi connectivity index (χ2v) is 12.4. The summed E-state index contributed by atoms with van der Waals surface area (Å²) in [5.41, 5.74) is 0.106. The van der Waals surface area contributed by atoms with Gasteiger partial charge >= 0.3 is 69.2 Å². The standard InChI is InChI=1S/C18H19N3O8S4.2Na/c22-31(23,29-15-4-2-1-3-5-15)13-10-17(33(26,27)28)20-14-6-8-16(9-7-14)32(24,25)21-18-19-11-12-30-18;;/h1-9,11-12,17,20H,10,13H2,(H,19,21)(H,26,27,28);;/q;2*+1/p-1. The van der Waals surface area contributed by atoms with Crippen molar-refractivity contribution in [1.82, 2.24) is 4.98 Å². The van der Waals surface area contributed by atoms with Gasteiger partial charge in [0.1, 0.15) is 21.2 Å². The number of aromatic nitrogens is 1. The van der Waals surface area contributed by atoms with Crippen molar-refractivity contribution in [3.63, 3.8) is 0 Å². The normalized spacial score (nSPS) is 12.5. The van der Waals surface area contributed by atoms with Crippen LogP contribution in [0.15, 0.2) is 71.1 Å². The van der Waals surface area contributed by atoms with E-state index in [1.807, 2.05) is 0 Å². The molecule has 0 fully saturated rings. The Bertz CT molecular complexity index is 1390. The first-order valence-corrected chi connectivity index (χ1v) is 14.6. The van der Waals surface area contributed by atoms with Gasteiger partial charge in [-0.2, -0.15) is 8.42 Å². The molecule has 2 aromatic carbocycles. The van der Waals surface area contributed by atoms with Crippen LogP contribution in [0.5, 0.6) is 5.75 Å². The maximum absolute atomic E-state index is 12.4. The summed E-state index contributed by atoms with van der Waals surface area (Å²) in [5.74, 6) is -0.694. The van der Waals surface area contributed by atoms with Crippen LogP contribution in [0.3, 0.4) is 0 Å². The summed E-state index contributed by atoms with van der Waals surface area (Å²) >= 11 is 1.09. The average molecular weight is 579 g/mol. The molecule has 17 heteroatoms. The minimum absolute atomic E-state index is 0. The van der Waals surface area contributed by atoms with Gasteiger partial charge in [0.2, 0.25) is 0 Å². The summed E-state index contributed by atoms with van der Waals surface area (Å²) in [6, 6.07) is 12.5. The Kier molecular flexibility index (Phi) is 12.7. The van der Waals surface area contributed by atoms with Crippen LogP contribution >= 0.6 is 11.3 Å². The van der Waals surface area contributed by atoms with Crippen molar-refractivity contribution in [2.45, 2.75) is 16.7 Å². The van der Waals surface area contributed by atoms with E-state index >= 15 is 0 Å². The SMILES string of the molecule is O=S(=O)(CCC(Nc1ccc(S(=O)(=O)Nc2nccs2)cc1)S(=O)(=O)[O-])Oc1ccccc1.[Na+].[Na+]. The fourth-order valence-electron chi connectivity index (χ4n) is 2.57. The number of rotatable bonds is 11. The maximum Gasteiger partial charge on any atom is 1.00 e. The van der Waals surface area contributed by atoms with Gasteiger partial charge < -0.3 is 14.1 Å². The molecule has 0 spiro atoms. The zero-order valence-electron chi connectivity index (χ0n) is 18.7. The molecule has 1 atom stereocenters. The van der Waals surface area contributed by atoms with E-state index in [0.717, 1.165) is 11.3 Å². The Morgan fingerprint density at radius 1 is 0.943 bits per heavy atom. The monoisotopic (exact) mass is 578 g/mol. The van der Waals surface area contributed by atoms with Gasteiger partial charge in [0.25, 0.3) is 10.0 Å². The molecule has 3 rings (SSSR count). The van der Waals surface area contributed by atoms with Crippen LogP contribution in [-0.4, -0.2) is 45.9 Å². The molecule has 0 aliphatic carbocycles. The van der Waals surface area contributed by atoms with Crippen LogP contribution in [0, 0.1) is 0 Å². The van der Waals surface area contributed by atoms with Gasteiger partial charge in [0.15, 0.2) is 5.13 Å². The average Bonchev–Trinajstić information content (AvgIpc) is 3.23. The van der Waals surface area contributed by atoms with E-state index < -0.39 is 47.8 Å². The molecule has 0 amide bonds. The Labute approximate surface area is 252 Å². The molecule has 0 aliphatic rings. The first-order chi connectivity index (χ1) is 15.4. The Morgan fingerprint density at radius 2 is 1.57 bits per heavy atom. The van der Waals surface area contributed by atoms with Crippen molar-refractivity contribution in [3.8, 4) is 5.75 Å². The van der Waals surface area contributed by atoms with Gasteiger partial charge in [0.05, 0.1) is 10.6 Å². The summed E-state index contributed by atoms with van der Waals surface area (Å²) in [6.45, 7) is 0. The number of benzene rings is 2. The molecular weight excluding hydrogens is 560 g/mol. The second-order valence-electron chi connectivity index (χ2n) is 6.54. The smallest absolute Gasteiger partial charge is 0.746 e. The van der Waals surface area contributed by atoms with Crippen molar-refractivity contribution < 1.29 is 93.1 Å². The number of para-hydroxylation sites is 1. The fourth-order valence-corrected chi connectivity index (χ4v) is 6.21. The topological polar surface area (TPSA) is 172 Å². The van der Waals surface area contributed by atoms with Crippen LogP contribution in [0.2, 0.25) is 0 Å². The molecular formula is C18H18N3Na2O8S4+. The third kappa shape index (κ3) is 10.3. The van der Waals surface area contributed by atoms with Crippen molar-refractivity contribution in [2.24, 2.45) is 0 Å². The minimum Gasteiger partial charge on any atom is -0.746 e. The molecule has 0 saturated heterocycles. The van der Waals surface area contributed by atoms with E-state index in [4.69, 9.17) is 4.18 Å². The van der Waals surface area contributed by atoms with E-state index in [-0.39, 0.29) is 80.6 Å². The maximum atomic E-state index is 12.4. The number of nitrogens with one attached hydrogen (secondary N) is 2. The van der Waals surface area contributed by atoms with Gasteiger partial charge in [0, 0.05) is 17.3 Å². The van der Waals surface area contributed by atoms with Crippen LogP contribution in [0.25, 0.3) is 0 Å². The van der Waals surface area contributed by atoms with Gasteiger partial charge in [-0.05, 0) is 42.8 Å². The first kappa shape index (κ1) is 32.3. The number of nitrogens with zero attached hydrogens (tertiary/aromatic N) is 1. The van der Waals surface area contributed by atoms with Crippen molar-refractivity contribution in [3.05, 3.63) is 66.2 Å². The summed E-state index contributed by atoms with van der Waals surface area (Å²) in [7, 11) is -13.0. The van der Waals surface area contributed by atoms with E-state index in [0.29, 0.717) is 0 Å². The predicted octanol–water partition coefficient (Wildman–Crippen LogP) is -3.97. The van der Waals surface area contributed by atoms with Crippen LogP contribution in [0.1, 0.15) is 6.42 Å². The molecule has 178 valence electrons. The van der Waals surface area contributed by atoms with Gasteiger partial charge in [-0.25, -0.2) is 21.8 Å². The zero-order valence-corrected chi connectivity index (χ0v) is 26.0. The third-order valence-electron chi connectivity index (χ3n) is 4.09. The molecule has 11 nitrogen and oxygen atoms in total. The molecule has 0 radical (unpaired) electrons. The Morgan fingerprint density at radius 3 is 2.11 bits per heavy atom. The molecule has 0 saturated carbocycles. The summed E-state index contributed by atoms with van der Waals surface area (Å²) < 4.78 is 91.1. The molecule has 0 aliphatic heterocycles. The zero-order chi connectivity index (χ0) is 24.1. The fraction of sp³-hybridized carbons (Fsp3) is 0.167. The summed E-state index contributed by atoms with van der Waals surface area (Å²) in [5, 5.41) is 2.42. The molecule has 3 aromatic rings. The van der Waals surface area contributed by atoms with Gasteiger partial charge in [-0.1, -0.05) is 18.2 Å². The van der Waals surface area contributed by atoms with E-state index in [2.05, 4.69) is 15.0 Å². The largest absolute Gasteiger partial charge is 1.00 e. The van der Waals surface area contributed by atoms with Gasteiger partial charge in [-0.15, -0.1) is 11.3 Å². The molecule has 1 aromatic heterocycles. The van der Waals surface area contributed by atoms with E-state index in [1.54, 1.807) is 23.6 Å². The molecule has 0 bridgehead atoms. The minimum atomic E-state index is -4.95. The third-order valence-corrected chi connectivity index (χ3v) is 8.50. The number of hydrogen-bond acceptors (Lipinski definition) is 11. The summed E-state index contributed by atoms with van der Waals surface area (Å²) in [4.78, 5) is 3.71. The molecule has 2 N–H and O–H groups in total. The van der Waals surface area contributed by atoms with Crippen molar-refractivity contribution >= 4 is 52.4 Å². The molecule has 35 heavy (non-hydrogen) atoms. The molecule has 1 heterocycles. The number of sulfonamides is 1. The van der Waals surface area contributed by atoms with E-state index in [9.17, 15) is 29.8 Å². The number of hydrogen-bond donors (Lipinski definition) is 2. The Hall–Kier alpha value is -0.720. The first-order valence-electron chi connectivity index (χ1n) is 9.15. The molecule has 1 unspecified atom stereocenters. The van der Waals surface area contributed by atoms with Crippen LogP contribution < -0.4 is 73.3 Å². The van der Waals surface area contributed by atoms with Crippen molar-refractivity contribution in [2.75, 3.05) is 15.8 Å². The quantitative estimate of drug-likeness (QED) is 0.130. The van der Waals surface area contributed by atoms with Crippen LogP contribution in [-0.2, 0) is 30.3 Å². The summed E-state index contributed by atoms with van der Waals surface area (Å²) in [6.07, 6.45) is 0.844. The van der Waals surface area contributed by atoms with E-state index in [1.165, 1.54) is 42.6 Å². The number of thiazole rings is 1. The number of anilines is 2. The van der Waals surface area contributed by atoms with Crippen molar-refractivity contribution in [1.29, 1.82) is 0 Å². The second kappa shape index (κ2) is 13.7. The Balaban J connectivity index is 0.00000306. The van der Waals surface area contributed by atoms with Crippen LogP contribution in [0.4, 0.5) is 10.8 Å². The predicted molar refractivity (Wildman–Crippen MR) is 122 cm³/mol.